The topological polar surface area (TPSA) is 72.9 Å². The van der Waals surface area contributed by atoms with Crippen molar-refractivity contribution in [3.63, 3.8) is 0 Å². The summed E-state index contributed by atoms with van der Waals surface area (Å²) in [5.74, 6) is -0.0291. The van der Waals surface area contributed by atoms with E-state index in [1.54, 1.807) is 25.1 Å². The van der Waals surface area contributed by atoms with Crippen LogP contribution in [-0.4, -0.2) is 55.3 Å². The van der Waals surface area contributed by atoms with Gasteiger partial charge in [0.2, 0.25) is 10.0 Å². The molecule has 2 aliphatic heterocycles. The number of esters is 1. The minimum absolute atomic E-state index is 0.167. The Hall–Kier alpha value is -0.660. The lowest BCUT2D eigenvalue weighted by Gasteiger charge is -2.41. The molecule has 0 N–H and O–H groups in total. The van der Waals surface area contributed by atoms with Crippen molar-refractivity contribution in [2.24, 2.45) is 5.92 Å². The number of piperidine rings is 1. The van der Waals surface area contributed by atoms with Crippen LogP contribution in [0.15, 0.2) is 0 Å². The predicted molar refractivity (Wildman–Crippen MR) is 106 cm³/mol. The van der Waals surface area contributed by atoms with Gasteiger partial charge in [-0.15, -0.1) is 0 Å². The molecule has 0 unspecified atom stereocenters. The number of hydrogen-bond donors (Lipinski definition) is 0. The molecule has 0 radical (unpaired) electrons. The van der Waals surface area contributed by atoms with Gasteiger partial charge in [0.05, 0.1) is 0 Å². The number of rotatable bonds is 7. The third-order valence-electron chi connectivity index (χ3n) is 5.69. The summed E-state index contributed by atoms with van der Waals surface area (Å²) in [6.07, 6.45) is 6.92. The summed E-state index contributed by atoms with van der Waals surface area (Å²) in [7, 11) is -3.79. The molecule has 7 heteroatoms. The number of ether oxygens (including phenoxy) is 2. The zero-order chi connectivity index (χ0) is 20.1. The Morgan fingerprint density at radius 1 is 1.15 bits per heavy atom. The standard InChI is InChI=1S/C20H37NO5S/c1-5-6-7-8-17-9-13-21(14-10-17)27(23,24)20(11-15-25-16-12-20)18(22)26-19(2,3)4/h17H,5-16H2,1-4H3. The summed E-state index contributed by atoms with van der Waals surface area (Å²) in [6.45, 7) is 9.05. The third-order valence-corrected chi connectivity index (χ3v) is 8.30. The molecule has 2 saturated heterocycles. The minimum atomic E-state index is -3.79. The highest BCUT2D eigenvalue weighted by Gasteiger charge is 2.56. The Labute approximate surface area is 165 Å². The highest BCUT2D eigenvalue weighted by molar-refractivity contribution is 7.91. The van der Waals surface area contributed by atoms with E-state index in [1.165, 1.54) is 25.7 Å². The molecule has 158 valence electrons. The molecule has 2 heterocycles. The molecule has 0 spiro atoms. The van der Waals surface area contributed by atoms with Gasteiger partial charge >= 0.3 is 5.97 Å². The van der Waals surface area contributed by atoms with Crippen molar-refractivity contribution in [3.8, 4) is 0 Å². The first-order valence-corrected chi connectivity index (χ1v) is 11.9. The zero-order valence-corrected chi connectivity index (χ0v) is 18.3. The highest BCUT2D eigenvalue weighted by atomic mass is 32.2. The van der Waals surface area contributed by atoms with Gasteiger partial charge in [-0.05, 0) is 39.5 Å². The SMILES string of the molecule is CCCCCC1CCN(S(=O)(=O)C2(C(=O)OC(C)(C)C)CCOCC2)CC1. The molecule has 0 amide bonds. The third kappa shape index (κ3) is 5.45. The van der Waals surface area contributed by atoms with Crippen LogP contribution in [0.4, 0.5) is 0 Å². The lowest BCUT2D eigenvalue weighted by atomic mass is 9.92. The Kier molecular flexibility index (Phi) is 7.73. The van der Waals surface area contributed by atoms with Gasteiger partial charge in [0, 0.05) is 39.1 Å². The molecule has 0 bridgehead atoms. The molecule has 0 saturated carbocycles. The van der Waals surface area contributed by atoms with E-state index in [0.717, 1.165) is 12.8 Å². The van der Waals surface area contributed by atoms with E-state index in [9.17, 15) is 13.2 Å². The molecule has 2 aliphatic rings. The van der Waals surface area contributed by atoms with E-state index in [4.69, 9.17) is 9.47 Å². The van der Waals surface area contributed by atoms with E-state index in [-0.39, 0.29) is 26.1 Å². The molecule has 0 aromatic carbocycles. The van der Waals surface area contributed by atoms with E-state index in [0.29, 0.717) is 19.0 Å². The monoisotopic (exact) mass is 403 g/mol. The highest BCUT2D eigenvalue weighted by Crippen LogP contribution is 2.37. The first kappa shape index (κ1) is 22.6. The van der Waals surface area contributed by atoms with Crippen molar-refractivity contribution in [1.82, 2.24) is 4.31 Å². The summed E-state index contributed by atoms with van der Waals surface area (Å²) < 4.78 is 38.0. The van der Waals surface area contributed by atoms with Gasteiger partial charge in [0.25, 0.3) is 0 Å². The second kappa shape index (κ2) is 9.23. The fraction of sp³-hybridized carbons (Fsp3) is 0.950. The van der Waals surface area contributed by atoms with Crippen LogP contribution in [0.1, 0.15) is 79.1 Å². The smallest absolute Gasteiger partial charge is 0.329 e. The molecular weight excluding hydrogens is 366 g/mol. The van der Waals surface area contributed by atoms with E-state index < -0.39 is 26.3 Å². The molecule has 0 atom stereocenters. The first-order chi connectivity index (χ1) is 12.6. The van der Waals surface area contributed by atoms with Crippen molar-refractivity contribution in [2.75, 3.05) is 26.3 Å². The molecule has 2 fully saturated rings. The maximum absolute atomic E-state index is 13.5. The Morgan fingerprint density at radius 2 is 1.74 bits per heavy atom. The predicted octanol–water partition coefficient (Wildman–Crippen LogP) is 3.50. The second-order valence-corrected chi connectivity index (χ2v) is 11.2. The van der Waals surface area contributed by atoms with Gasteiger partial charge in [-0.2, -0.15) is 0 Å². The summed E-state index contributed by atoms with van der Waals surface area (Å²) in [5.41, 5.74) is -0.718. The van der Waals surface area contributed by atoms with Gasteiger partial charge in [-0.3, -0.25) is 4.79 Å². The van der Waals surface area contributed by atoms with Crippen molar-refractivity contribution >= 4 is 16.0 Å². The minimum Gasteiger partial charge on any atom is -0.459 e. The maximum Gasteiger partial charge on any atom is 0.329 e. The number of carbonyl (C=O) groups is 1. The lowest BCUT2D eigenvalue weighted by Crippen LogP contribution is -2.59. The molecule has 6 nitrogen and oxygen atoms in total. The Morgan fingerprint density at radius 3 is 2.26 bits per heavy atom. The molecule has 2 rings (SSSR count). The Balaban J connectivity index is 2.12. The quantitative estimate of drug-likeness (QED) is 0.480. The van der Waals surface area contributed by atoms with Gasteiger partial charge < -0.3 is 9.47 Å². The van der Waals surface area contributed by atoms with Crippen LogP contribution in [0.25, 0.3) is 0 Å². The summed E-state index contributed by atoms with van der Waals surface area (Å²) >= 11 is 0. The molecule has 0 aliphatic carbocycles. The van der Waals surface area contributed by atoms with Crippen LogP contribution < -0.4 is 0 Å². The van der Waals surface area contributed by atoms with Crippen molar-refractivity contribution in [2.45, 2.75) is 89.4 Å². The summed E-state index contributed by atoms with van der Waals surface area (Å²) in [6, 6.07) is 0. The second-order valence-electron chi connectivity index (χ2n) is 8.95. The average molecular weight is 404 g/mol. The number of hydrogen-bond acceptors (Lipinski definition) is 5. The van der Waals surface area contributed by atoms with Gasteiger partial charge in [0.15, 0.2) is 4.75 Å². The molecular formula is C20H37NO5S. The van der Waals surface area contributed by atoms with Gasteiger partial charge in [-0.25, -0.2) is 12.7 Å². The normalized spacial score (nSPS) is 22.5. The molecule has 0 aromatic rings. The van der Waals surface area contributed by atoms with Crippen molar-refractivity contribution in [1.29, 1.82) is 0 Å². The maximum atomic E-state index is 13.5. The van der Waals surface area contributed by atoms with Crippen LogP contribution in [0, 0.1) is 5.92 Å². The van der Waals surface area contributed by atoms with E-state index in [1.807, 2.05) is 0 Å². The van der Waals surface area contributed by atoms with Crippen molar-refractivity contribution < 1.29 is 22.7 Å². The van der Waals surface area contributed by atoms with E-state index >= 15 is 0 Å². The van der Waals surface area contributed by atoms with E-state index in [2.05, 4.69) is 6.92 Å². The average Bonchev–Trinajstić information content (AvgIpc) is 2.61. The van der Waals surface area contributed by atoms with Crippen LogP contribution >= 0.6 is 0 Å². The fourth-order valence-electron chi connectivity index (χ4n) is 4.01. The number of sulfonamides is 1. The number of carbonyl (C=O) groups excluding carboxylic acids is 1. The van der Waals surface area contributed by atoms with Crippen LogP contribution in [0.3, 0.4) is 0 Å². The first-order valence-electron chi connectivity index (χ1n) is 10.4. The fourth-order valence-corrected chi connectivity index (χ4v) is 6.13. The number of unbranched alkanes of at least 4 members (excludes halogenated alkanes) is 2. The van der Waals surface area contributed by atoms with Crippen LogP contribution in [0.2, 0.25) is 0 Å². The summed E-state index contributed by atoms with van der Waals surface area (Å²) in [5, 5.41) is 0. The van der Waals surface area contributed by atoms with Gasteiger partial charge in [-0.1, -0.05) is 32.6 Å². The summed E-state index contributed by atoms with van der Waals surface area (Å²) in [4.78, 5) is 13.0. The van der Waals surface area contributed by atoms with Crippen molar-refractivity contribution in [3.05, 3.63) is 0 Å². The molecule has 0 aromatic heterocycles. The lowest BCUT2D eigenvalue weighted by molar-refractivity contribution is -0.161. The van der Waals surface area contributed by atoms with Crippen LogP contribution in [-0.2, 0) is 24.3 Å². The van der Waals surface area contributed by atoms with Crippen LogP contribution in [0.5, 0.6) is 0 Å². The largest absolute Gasteiger partial charge is 0.459 e. The van der Waals surface area contributed by atoms with Gasteiger partial charge in [0.1, 0.15) is 5.60 Å². The zero-order valence-electron chi connectivity index (χ0n) is 17.5. The molecule has 27 heavy (non-hydrogen) atoms. The number of nitrogens with zero attached hydrogens (tertiary/aromatic N) is 1. The Bertz CT molecular complexity index is 582.